The van der Waals surface area contributed by atoms with Crippen molar-refractivity contribution in [2.45, 2.75) is 26.4 Å². The number of hydrogen-bond acceptors (Lipinski definition) is 2. The Morgan fingerprint density at radius 2 is 1.94 bits per heavy atom. The van der Waals surface area contributed by atoms with Gasteiger partial charge in [0.15, 0.2) is 0 Å². The van der Waals surface area contributed by atoms with E-state index in [9.17, 15) is 5.11 Å². The van der Waals surface area contributed by atoms with Gasteiger partial charge in [0.1, 0.15) is 0 Å². The molecule has 0 aliphatic rings. The van der Waals surface area contributed by atoms with Crippen LogP contribution in [0.4, 0.5) is 0 Å². The second-order valence-corrected chi connectivity index (χ2v) is 5.49. The standard InChI is InChI=1S/C13H19Cl2NO/c1-9(2)7-16-8-12(17)5-10-3-4-11(14)6-13(10)15/h3-4,6,9,12,16-17H,5,7-8H2,1-2H3. The van der Waals surface area contributed by atoms with Gasteiger partial charge in [-0.3, -0.25) is 0 Å². The van der Waals surface area contributed by atoms with E-state index in [4.69, 9.17) is 23.2 Å². The van der Waals surface area contributed by atoms with Crippen LogP contribution < -0.4 is 5.32 Å². The molecular weight excluding hydrogens is 257 g/mol. The quantitative estimate of drug-likeness (QED) is 0.836. The molecule has 2 nitrogen and oxygen atoms in total. The third-order valence-corrected chi connectivity index (χ3v) is 2.99. The van der Waals surface area contributed by atoms with Gasteiger partial charge in [0, 0.05) is 23.0 Å². The summed E-state index contributed by atoms with van der Waals surface area (Å²) in [4.78, 5) is 0. The van der Waals surface area contributed by atoms with Crippen molar-refractivity contribution in [2.24, 2.45) is 5.92 Å². The Labute approximate surface area is 113 Å². The number of benzene rings is 1. The van der Waals surface area contributed by atoms with Gasteiger partial charge in [-0.15, -0.1) is 0 Å². The lowest BCUT2D eigenvalue weighted by Gasteiger charge is -2.14. The lowest BCUT2D eigenvalue weighted by molar-refractivity contribution is 0.170. The van der Waals surface area contributed by atoms with Crippen LogP contribution in [0.5, 0.6) is 0 Å². The molecule has 0 aromatic heterocycles. The number of halogens is 2. The van der Waals surface area contributed by atoms with Crippen molar-refractivity contribution in [3.8, 4) is 0 Å². The molecule has 4 heteroatoms. The van der Waals surface area contributed by atoms with Gasteiger partial charge < -0.3 is 10.4 Å². The largest absolute Gasteiger partial charge is 0.391 e. The second kappa shape index (κ2) is 7.22. The zero-order valence-electron chi connectivity index (χ0n) is 10.2. The van der Waals surface area contributed by atoms with Gasteiger partial charge in [-0.25, -0.2) is 0 Å². The molecule has 0 aliphatic heterocycles. The van der Waals surface area contributed by atoms with Gasteiger partial charge >= 0.3 is 0 Å². The topological polar surface area (TPSA) is 32.3 Å². The summed E-state index contributed by atoms with van der Waals surface area (Å²) in [5, 5.41) is 14.3. The SMILES string of the molecule is CC(C)CNCC(O)Cc1ccc(Cl)cc1Cl. The smallest absolute Gasteiger partial charge is 0.0705 e. The summed E-state index contributed by atoms with van der Waals surface area (Å²) in [7, 11) is 0. The van der Waals surface area contributed by atoms with Crippen LogP contribution in [0.25, 0.3) is 0 Å². The highest BCUT2D eigenvalue weighted by molar-refractivity contribution is 6.35. The molecule has 1 aromatic carbocycles. The first-order valence-electron chi connectivity index (χ1n) is 5.81. The van der Waals surface area contributed by atoms with Crippen LogP contribution in [0.3, 0.4) is 0 Å². The van der Waals surface area contributed by atoms with Gasteiger partial charge in [-0.2, -0.15) is 0 Å². The van der Waals surface area contributed by atoms with Gasteiger partial charge in [-0.05, 0) is 30.2 Å². The van der Waals surface area contributed by atoms with Crippen molar-refractivity contribution in [3.63, 3.8) is 0 Å². The Morgan fingerprint density at radius 3 is 2.53 bits per heavy atom. The van der Waals surface area contributed by atoms with Gasteiger partial charge in [0.25, 0.3) is 0 Å². The predicted octanol–water partition coefficient (Wildman–Crippen LogP) is 3.14. The minimum Gasteiger partial charge on any atom is -0.391 e. The number of rotatable bonds is 6. The van der Waals surface area contributed by atoms with Crippen LogP contribution >= 0.6 is 23.2 Å². The van der Waals surface area contributed by atoms with Gasteiger partial charge in [-0.1, -0.05) is 43.1 Å². The molecule has 0 heterocycles. The van der Waals surface area contributed by atoms with Crippen LogP contribution in [-0.4, -0.2) is 24.3 Å². The Bertz CT molecular complexity index is 355. The summed E-state index contributed by atoms with van der Waals surface area (Å²) < 4.78 is 0. The van der Waals surface area contributed by atoms with Crippen LogP contribution in [0.2, 0.25) is 10.0 Å². The summed E-state index contributed by atoms with van der Waals surface area (Å²) in [6, 6.07) is 5.35. The van der Waals surface area contributed by atoms with Crippen molar-refractivity contribution < 1.29 is 5.11 Å². The molecule has 0 fully saturated rings. The highest BCUT2D eigenvalue weighted by Gasteiger charge is 2.08. The van der Waals surface area contributed by atoms with E-state index in [0.29, 0.717) is 28.9 Å². The lowest BCUT2D eigenvalue weighted by Crippen LogP contribution is -2.30. The molecule has 0 aliphatic carbocycles. The summed E-state index contributed by atoms with van der Waals surface area (Å²) >= 11 is 11.9. The molecular formula is C13H19Cl2NO. The third-order valence-electron chi connectivity index (χ3n) is 2.40. The Balaban J connectivity index is 2.42. The highest BCUT2D eigenvalue weighted by atomic mass is 35.5. The van der Waals surface area contributed by atoms with Gasteiger partial charge in [0.2, 0.25) is 0 Å². The first-order chi connectivity index (χ1) is 7.99. The van der Waals surface area contributed by atoms with Crippen molar-refractivity contribution in [2.75, 3.05) is 13.1 Å². The number of aliphatic hydroxyl groups is 1. The zero-order chi connectivity index (χ0) is 12.8. The van der Waals surface area contributed by atoms with Crippen molar-refractivity contribution >= 4 is 23.2 Å². The summed E-state index contributed by atoms with van der Waals surface area (Å²) in [5.41, 5.74) is 0.926. The fourth-order valence-electron chi connectivity index (χ4n) is 1.55. The van der Waals surface area contributed by atoms with E-state index in [1.54, 1.807) is 12.1 Å². The number of aliphatic hydroxyl groups excluding tert-OH is 1. The zero-order valence-corrected chi connectivity index (χ0v) is 11.7. The van der Waals surface area contributed by atoms with E-state index in [0.717, 1.165) is 12.1 Å². The molecule has 1 rings (SSSR count). The van der Waals surface area contributed by atoms with E-state index in [2.05, 4.69) is 19.2 Å². The molecule has 0 saturated carbocycles. The van der Waals surface area contributed by atoms with Crippen LogP contribution in [0.1, 0.15) is 19.4 Å². The average molecular weight is 276 g/mol. The summed E-state index contributed by atoms with van der Waals surface area (Å²) in [5.74, 6) is 0.585. The summed E-state index contributed by atoms with van der Waals surface area (Å²) in [6.45, 7) is 5.76. The second-order valence-electron chi connectivity index (χ2n) is 4.65. The molecule has 17 heavy (non-hydrogen) atoms. The van der Waals surface area contributed by atoms with E-state index < -0.39 is 6.10 Å². The fourth-order valence-corrected chi connectivity index (χ4v) is 2.04. The lowest BCUT2D eigenvalue weighted by atomic mass is 10.1. The molecule has 0 amide bonds. The monoisotopic (exact) mass is 275 g/mol. The third kappa shape index (κ3) is 5.73. The molecule has 0 radical (unpaired) electrons. The van der Waals surface area contributed by atoms with Crippen molar-refractivity contribution in [1.82, 2.24) is 5.32 Å². The van der Waals surface area contributed by atoms with E-state index in [1.165, 1.54) is 0 Å². The maximum atomic E-state index is 9.86. The van der Waals surface area contributed by atoms with E-state index in [-0.39, 0.29) is 0 Å². The summed E-state index contributed by atoms with van der Waals surface area (Å²) in [6.07, 6.45) is 0.119. The van der Waals surface area contributed by atoms with Crippen molar-refractivity contribution in [3.05, 3.63) is 33.8 Å². The minimum absolute atomic E-state index is 0.424. The average Bonchev–Trinajstić information content (AvgIpc) is 2.21. The number of hydrogen-bond donors (Lipinski definition) is 2. The normalized spacial score (nSPS) is 13.1. The fraction of sp³-hybridized carbons (Fsp3) is 0.538. The molecule has 96 valence electrons. The van der Waals surface area contributed by atoms with Crippen LogP contribution in [0, 0.1) is 5.92 Å². The van der Waals surface area contributed by atoms with E-state index >= 15 is 0 Å². The molecule has 0 bridgehead atoms. The Hall–Kier alpha value is -0.280. The predicted molar refractivity (Wildman–Crippen MR) is 73.9 cm³/mol. The molecule has 0 saturated heterocycles. The highest BCUT2D eigenvalue weighted by Crippen LogP contribution is 2.21. The molecule has 0 spiro atoms. The minimum atomic E-state index is -0.424. The van der Waals surface area contributed by atoms with Gasteiger partial charge in [0.05, 0.1) is 6.10 Å². The van der Waals surface area contributed by atoms with Crippen LogP contribution in [0.15, 0.2) is 18.2 Å². The van der Waals surface area contributed by atoms with Crippen LogP contribution in [-0.2, 0) is 6.42 Å². The van der Waals surface area contributed by atoms with E-state index in [1.807, 2.05) is 6.07 Å². The van der Waals surface area contributed by atoms with Crippen molar-refractivity contribution in [1.29, 1.82) is 0 Å². The molecule has 2 N–H and O–H groups in total. The number of nitrogens with one attached hydrogen (secondary N) is 1. The Kier molecular flexibility index (Phi) is 6.28. The maximum Gasteiger partial charge on any atom is 0.0705 e. The Morgan fingerprint density at radius 1 is 1.24 bits per heavy atom. The molecule has 1 atom stereocenters. The maximum absolute atomic E-state index is 9.86. The first-order valence-corrected chi connectivity index (χ1v) is 6.57. The molecule has 1 unspecified atom stereocenters. The first kappa shape index (κ1) is 14.8. The molecule has 1 aromatic rings.